The third-order valence-electron chi connectivity index (χ3n) is 6.10. The number of hydrogen-bond donors (Lipinski definition) is 1. The van der Waals surface area contributed by atoms with Crippen LogP contribution in [0.5, 0.6) is 0 Å². The maximum Gasteiger partial charge on any atom is 0.416 e. The van der Waals surface area contributed by atoms with Gasteiger partial charge in [-0.05, 0) is 48.9 Å². The van der Waals surface area contributed by atoms with E-state index in [-0.39, 0.29) is 28.4 Å². The van der Waals surface area contributed by atoms with Gasteiger partial charge in [0.15, 0.2) is 0 Å². The highest BCUT2D eigenvalue weighted by Crippen LogP contribution is 2.32. The van der Waals surface area contributed by atoms with Crippen LogP contribution in [0.15, 0.2) is 35.4 Å². The van der Waals surface area contributed by atoms with Crippen LogP contribution in [-0.2, 0) is 17.5 Å². The van der Waals surface area contributed by atoms with E-state index in [2.05, 4.69) is 24.1 Å². The molecule has 3 heterocycles. The zero-order chi connectivity index (χ0) is 25.5. The molecule has 11 heteroatoms. The smallest absolute Gasteiger partial charge is 0.341 e. The highest BCUT2D eigenvalue weighted by molar-refractivity contribution is 7.20. The molecule has 0 spiro atoms. The number of anilines is 1. The van der Waals surface area contributed by atoms with Crippen molar-refractivity contribution >= 4 is 39.1 Å². The average molecular weight is 507 g/mol. The zero-order valence-corrected chi connectivity index (χ0v) is 20.3. The maximum absolute atomic E-state index is 13.1. The molecule has 2 amide bonds. The number of nitrogens with zero attached hydrogens (tertiary/aromatic N) is 3. The number of rotatable bonds is 4. The van der Waals surface area contributed by atoms with Gasteiger partial charge >= 0.3 is 6.18 Å². The molecule has 0 saturated carbocycles. The molecular formula is C24H25F3N4O3S. The first-order chi connectivity index (χ1) is 16.4. The highest BCUT2D eigenvalue weighted by Gasteiger charge is 2.31. The van der Waals surface area contributed by atoms with Crippen molar-refractivity contribution in [1.29, 1.82) is 0 Å². The quantitative estimate of drug-likeness (QED) is 0.563. The zero-order valence-electron chi connectivity index (χ0n) is 19.5. The third kappa shape index (κ3) is 5.24. The van der Waals surface area contributed by atoms with Gasteiger partial charge in [0.25, 0.3) is 11.5 Å². The van der Waals surface area contributed by atoms with Crippen molar-refractivity contribution < 1.29 is 22.8 Å². The van der Waals surface area contributed by atoms with E-state index in [1.807, 2.05) is 0 Å². The van der Waals surface area contributed by atoms with Gasteiger partial charge in [-0.15, -0.1) is 11.3 Å². The number of aromatic nitrogens is 2. The van der Waals surface area contributed by atoms with Crippen molar-refractivity contribution in [2.45, 2.75) is 39.9 Å². The molecule has 3 aromatic rings. The number of piperidine rings is 1. The first-order valence-corrected chi connectivity index (χ1v) is 12.0. The van der Waals surface area contributed by atoms with Crippen LogP contribution >= 0.6 is 11.3 Å². The van der Waals surface area contributed by atoms with E-state index in [0.717, 1.165) is 29.9 Å². The molecule has 1 aromatic carbocycles. The highest BCUT2D eigenvalue weighted by atomic mass is 32.1. The number of likely N-dealkylation sites (tertiary alicyclic amines) is 1. The van der Waals surface area contributed by atoms with Crippen LogP contribution in [0.4, 0.5) is 18.9 Å². The van der Waals surface area contributed by atoms with Crippen molar-refractivity contribution in [3.8, 4) is 0 Å². The number of halogens is 3. The number of alkyl halides is 3. The lowest BCUT2D eigenvalue weighted by molar-refractivity contribution is -0.137. The predicted molar refractivity (Wildman–Crippen MR) is 128 cm³/mol. The molecule has 0 radical (unpaired) electrons. The first-order valence-electron chi connectivity index (χ1n) is 11.2. The fraction of sp³-hybridized carbons (Fsp3) is 0.417. The van der Waals surface area contributed by atoms with Gasteiger partial charge < -0.3 is 10.2 Å². The van der Waals surface area contributed by atoms with E-state index >= 15 is 0 Å². The van der Waals surface area contributed by atoms with Crippen LogP contribution in [-0.4, -0.2) is 39.4 Å². The Morgan fingerprint density at radius 3 is 2.54 bits per heavy atom. The normalized spacial score (nSPS) is 18.6. The molecule has 0 bridgehead atoms. The van der Waals surface area contributed by atoms with E-state index < -0.39 is 23.2 Å². The summed E-state index contributed by atoms with van der Waals surface area (Å²) in [6, 6.07) is 4.32. The summed E-state index contributed by atoms with van der Waals surface area (Å²) in [6.45, 7) is 6.91. The van der Waals surface area contributed by atoms with Gasteiger partial charge in [-0.3, -0.25) is 19.0 Å². The molecule has 1 saturated heterocycles. The Kier molecular flexibility index (Phi) is 6.72. The molecule has 0 aliphatic carbocycles. The van der Waals surface area contributed by atoms with Gasteiger partial charge in [-0.25, -0.2) is 4.98 Å². The maximum atomic E-state index is 13.1. The summed E-state index contributed by atoms with van der Waals surface area (Å²) in [5.74, 6) is -0.0285. The number of carbonyl (C=O) groups is 2. The number of amides is 2. The predicted octanol–water partition coefficient (Wildman–Crippen LogP) is 4.54. The van der Waals surface area contributed by atoms with Crippen molar-refractivity contribution in [3.63, 3.8) is 0 Å². The van der Waals surface area contributed by atoms with E-state index in [0.29, 0.717) is 35.3 Å². The molecule has 1 aliphatic heterocycles. The van der Waals surface area contributed by atoms with Crippen LogP contribution in [0, 0.1) is 18.8 Å². The van der Waals surface area contributed by atoms with Crippen LogP contribution in [0.1, 0.15) is 41.1 Å². The van der Waals surface area contributed by atoms with Crippen LogP contribution < -0.4 is 10.9 Å². The Balaban J connectivity index is 1.58. The summed E-state index contributed by atoms with van der Waals surface area (Å²) >= 11 is 0.977. The second-order valence-corrected chi connectivity index (χ2v) is 10.2. The number of fused-ring (bicyclic) bond motifs is 1. The summed E-state index contributed by atoms with van der Waals surface area (Å²) in [6.07, 6.45) is -2.19. The number of nitrogens with one attached hydrogen (secondary N) is 1. The van der Waals surface area contributed by atoms with Crippen molar-refractivity contribution in [1.82, 2.24) is 14.5 Å². The largest absolute Gasteiger partial charge is 0.416 e. The first kappa shape index (κ1) is 24.9. The van der Waals surface area contributed by atoms with Gasteiger partial charge in [0.2, 0.25) is 5.91 Å². The summed E-state index contributed by atoms with van der Waals surface area (Å²) < 4.78 is 40.2. The summed E-state index contributed by atoms with van der Waals surface area (Å²) in [4.78, 5) is 45.4. The third-order valence-corrected chi connectivity index (χ3v) is 7.30. The van der Waals surface area contributed by atoms with Gasteiger partial charge in [-0.1, -0.05) is 19.9 Å². The molecule has 1 N–H and O–H groups in total. The van der Waals surface area contributed by atoms with E-state index in [4.69, 9.17) is 0 Å². The fourth-order valence-electron chi connectivity index (χ4n) is 4.56. The Hall–Kier alpha value is -3.21. The van der Waals surface area contributed by atoms with Gasteiger partial charge in [0, 0.05) is 18.8 Å². The van der Waals surface area contributed by atoms with Gasteiger partial charge in [-0.2, -0.15) is 13.2 Å². The SMILES string of the molecule is Cc1c(C(=O)Nc2cccc(C(F)(F)F)c2)sc2ncn(CC(=O)N3C[C@H](C)C[C@H](C)C3)c(=O)c12. The second-order valence-electron chi connectivity index (χ2n) is 9.19. The lowest BCUT2D eigenvalue weighted by atomic mass is 9.92. The Morgan fingerprint density at radius 1 is 1.20 bits per heavy atom. The lowest BCUT2D eigenvalue weighted by Gasteiger charge is -2.35. The Labute approximate surface area is 203 Å². The molecule has 7 nitrogen and oxygen atoms in total. The molecule has 4 rings (SSSR count). The lowest BCUT2D eigenvalue weighted by Crippen LogP contribution is -2.44. The minimum Gasteiger partial charge on any atom is -0.341 e. The van der Waals surface area contributed by atoms with Crippen molar-refractivity contribution in [3.05, 3.63) is 57.0 Å². The molecule has 1 aliphatic rings. The van der Waals surface area contributed by atoms with E-state index in [1.54, 1.807) is 11.8 Å². The number of carbonyl (C=O) groups excluding carboxylic acids is 2. The number of aryl methyl sites for hydroxylation is 1. The molecule has 0 unspecified atom stereocenters. The van der Waals surface area contributed by atoms with Crippen molar-refractivity contribution in [2.24, 2.45) is 11.8 Å². The molecule has 2 atom stereocenters. The number of benzene rings is 1. The molecule has 1 fully saturated rings. The minimum absolute atomic E-state index is 0.0114. The monoisotopic (exact) mass is 506 g/mol. The summed E-state index contributed by atoms with van der Waals surface area (Å²) in [5, 5.41) is 2.69. The van der Waals surface area contributed by atoms with Crippen LogP contribution in [0.2, 0.25) is 0 Å². The molecule has 186 valence electrons. The average Bonchev–Trinajstić information content (AvgIpc) is 3.12. The van der Waals surface area contributed by atoms with Crippen LogP contribution in [0.3, 0.4) is 0 Å². The van der Waals surface area contributed by atoms with E-state index in [9.17, 15) is 27.6 Å². The van der Waals surface area contributed by atoms with Gasteiger partial charge in [0.05, 0.1) is 22.2 Å². The molecule has 35 heavy (non-hydrogen) atoms. The molecular weight excluding hydrogens is 481 g/mol. The Bertz CT molecular complexity index is 1340. The number of thiophene rings is 1. The Morgan fingerprint density at radius 2 is 1.89 bits per heavy atom. The second kappa shape index (κ2) is 9.44. The molecule has 2 aromatic heterocycles. The van der Waals surface area contributed by atoms with E-state index in [1.165, 1.54) is 23.0 Å². The standard InChI is InChI=1S/C24H25F3N4O3S/c1-13-7-14(2)10-30(9-13)18(32)11-31-12-28-22-19(23(31)34)15(3)20(35-22)21(33)29-17-6-4-5-16(8-17)24(25,26)27/h4-6,8,12-14H,7,9-11H2,1-3H3,(H,29,33)/t13-,14+. The number of hydrogen-bond acceptors (Lipinski definition) is 5. The van der Waals surface area contributed by atoms with Gasteiger partial charge in [0.1, 0.15) is 11.4 Å². The topological polar surface area (TPSA) is 84.3 Å². The fourth-order valence-corrected chi connectivity index (χ4v) is 5.60. The summed E-state index contributed by atoms with van der Waals surface area (Å²) in [7, 11) is 0. The van der Waals surface area contributed by atoms with Crippen LogP contribution in [0.25, 0.3) is 10.2 Å². The minimum atomic E-state index is -4.54. The summed E-state index contributed by atoms with van der Waals surface area (Å²) in [5.41, 5.74) is -0.958. The van der Waals surface area contributed by atoms with Crippen molar-refractivity contribution in [2.75, 3.05) is 18.4 Å².